The van der Waals surface area contributed by atoms with Gasteiger partial charge in [-0.05, 0) is 38.0 Å². The number of rotatable bonds is 5. The van der Waals surface area contributed by atoms with Gasteiger partial charge in [-0.25, -0.2) is 0 Å². The van der Waals surface area contributed by atoms with E-state index in [9.17, 15) is 14.7 Å². The zero-order valence-electron chi connectivity index (χ0n) is 10.9. The molecule has 0 aliphatic heterocycles. The predicted octanol–water partition coefficient (Wildman–Crippen LogP) is 1.70. The highest BCUT2D eigenvalue weighted by molar-refractivity contribution is 5.86. The van der Waals surface area contributed by atoms with E-state index in [-0.39, 0.29) is 23.6 Å². The van der Waals surface area contributed by atoms with Crippen molar-refractivity contribution in [3.05, 3.63) is 0 Å². The van der Waals surface area contributed by atoms with E-state index in [0.717, 1.165) is 25.7 Å². The van der Waals surface area contributed by atoms with Crippen molar-refractivity contribution in [1.82, 2.24) is 0 Å². The number of Topliss-reactive ketones (excluding diaryl/α,β-unsaturated/α-hetero) is 1. The summed E-state index contributed by atoms with van der Waals surface area (Å²) in [6.07, 6.45) is 5.01. The highest BCUT2D eigenvalue weighted by atomic mass is 16.5. The van der Waals surface area contributed by atoms with E-state index >= 15 is 0 Å². The zero-order chi connectivity index (χ0) is 13.1. The summed E-state index contributed by atoms with van der Waals surface area (Å²) < 4.78 is 4.55. The second-order valence-electron chi connectivity index (χ2n) is 5.58. The lowest BCUT2D eigenvalue weighted by molar-refractivity contribution is -0.140. The van der Waals surface area contributed by atoms with Crippen LogP contribution < -0.4 is 0 Å². The predicted molar refractivity (Wildman–Crippen MR) is 65.8 cm³/mol. The van der Waals surface area contributed by atoms with Crippen molar-refractivity contribution < 1.29 is 19.4 Å². The Kier molecular flexibility index (Phi) is 4.38. The van der Waals surface area contributed by atoms with Gasteiger partial charge in [0.1, 0.15) is 5.78 Å². The number of esters is 1. The lowest BCUT2D eigenvalue weighted by atomic mass is 9.92. The minimum atomic E-state index is -0.576. The van der Waals surface area contributed by atoms with E-state index in [2.05, 4.69) is 4.74 Å². The van der Waals surface area contributed by atoms with Gasteiger partial charge < -0.3 is 9.84 Å². The number of aliphatic hydroxyl groups is 1. The van der Waals surface area contributed by atoms with Crippen LogP contribution in [0.3, 0.4) is 0 Å². The summed E-state index contributed by atoms with van der Waals surface area (Å²) in [5, 5.41) is 10.1. The Morgan fingerprint density at radius 1 is 1.50 bits per heavy atom. The highest BCUT2D eigenvalue weighted by Gasteiger charge is 2.46. The van der Waals surface area contributed by atoms with Gasteiger partial charge in [-0.1, -0.05) is 6.42 Å². The average molecular weight is 254 g/mol. The van der Waals surface area contributed by atoms with Crippen LogP contribution in [0.2, 0.25) is 0 Å². The molecule has 2 aliphatic rings. The van der Waals surface area contributed by atoms with Crippen molar-refractivity contribution in [3.63, 3.8) is 0 Å². The molecule has 4 nitrogen and oxygen atoms in total. The molecular formula is C14H22O4. The van der Waals surface area contributed by atoms with Gasteiger partial charge in [0.15, 0.2) is 0 Å². The second-order valence-corrected chi connectivity index (χ2v) is 5.58. The van der Waals surface area contributed by atoms with Crippen molar-refractivity contribution in [2.75, 3.05) is 7.11 Å². The number of methoxy groups -OCH3 is 1. The highest BCUT2D eigenvalue weighted by Crippen LogP contribution is 2.45. The second kappa shape index (κ2) is 5.83. The van der Waals surface area contributed by atoms with Crippen LogP contribution in [0.4, 0.5) is 0 Å². The van der Waals surface area contributed by atoms with Crippen LogP contribution in [0, 0.1) is 17.8 Å². The van der Waals surface area contributed by atoms with Crippen molar-refractivity contribution in [2.45, 2.75) is 51.0 Å². The summed E-state index contributed by atoms with van der Waals surface area (Å²) >= 11 is 0. The van der Waals surface area contributed by atoms with Gasteiger partial charge in [-0.3, -0.25) is 9.59 Å². The van der Waals surface area contributed by atoms with Gasteiger partial charge in [0.25, 0.3) is 0 Å². The molecule has 18 heavy (non-hydrogen) atoms. The summed E-state index contributed by atoms with van der Waals surface area (Å²) in [4.78, 5) is 23.1. The number of fused-ring (bicyclic) bond motifs is 1. The van der Waals surface area contributed by atoms with Crippen molar-refractivity contribution in [3.8, 4) is 0 Å². The number of carbonyl (C=O) groups is 2. The Morgan fingerprint density at radius 2 is 2.28 bits per heavy atom. The first-order chi connectivity index (χ1) is 8.63. The third-order valence-electron chi connectivity index (χ3n) is 4.52. The van der Waals surface area contributed by atoms with Crippen molar-refractivity contribution in [1.29, 1.82) is 0 Å². The van der Waals surface area contributed by atoms with Gasteiger partial charge in [0, 0.05) is 18.3 Å². The molecule has 2 fully saturated rings. The number of ketones is 1. The maximum absolute atomic E-state index is 12.1. The summed E-state index contributed by atoms with van der Waals surface area (Å²) in [6.45, 7) is 0. The topological polar surface area (TPSA) is 63.6 Å². The molecule has 102 valence electrons. The van der Waals surface area contributed by atoms with Gasteiger partial charge in [-0.2, -0.15) is 0 Å². The van der Waals surface area contributed by atoms with Crippen LogP contribution in [-0.4, -0.2) is 30.1 Å². The lowest BCUT2D eigenvalue weighted by Crippen LogP contribution is -2.26. The molecule has 0 aromatic carbocycles. The number of hydrogen-bond acceptors (Lipinski definition) is 4. The third-order valence-corrected chi connectivity index (χ3v) is 4.52. The molecule has 0 heterocycles. The molecule has 4 unspecified atom stereocenters. The first kappa shape index (κ1) is 13.5. The van der Waals surface area contributed by atoms with Gasteiger partial charge >= 0.3 is 5.97 Å². The molecule has 2 aliphatic carbocycles. The number of ether oxygens (including phenoxy) is 1. The molecule has 4 atom stereocenters. The normalized spacial score (nSPS) is 32.3. The Balaban J connectivity index is 1.78. The summed E-state index contributed by atoms with van der Waals surface area (Å²) in [7, 11) is 1.36. The maximum Gasteiger partial charge on any atom is 0.305 e. The molecule has 2 rings (SSSR count). The maximum atomic E-state index is 12.1. The minimum Gasteiger partial charge on any atom is -0.469 e. The SMILES string of the molecule is COC(=O)CCCC(O)C1CC2CCCC2C1=O. The fourth-order valence-electron chi connectivity index (χ4n) is 3.52. The largest absolute Gasteiger partial charge is 0.469 e. The Bertz CT molecular complexity index is 326. The van der Waals surface area contributed by atoms with E-state index in [4.69, 9.17) is 0 Å². The van der Waals surface area contributed by atoms with Gasteiger partial charge in [-0.15, -0.1) is 0 Å². The fraction of sp³-hybridized carbons (Fsp3) is 0.857. The van der Waals surface area contributed by atoms with E-state index in [0.29, 0.717) is 25.2 Å². The van der Waals surface area contributed by atoms with Crippen LogP contribution in [-0.2, 0) is 14.3 Å². The molecular weight excluding hydrogens is 232 g/mol. The Morgan fingerprint density at radius 3 is 2.94 bits per heavy atom. The molecule has 0 bridgehead atoms. The zero-order valence-corrected chi connectivity index (χ0v) is 10.9. The van der Waals surface area contributed by atoms with Gasteiger partial charge in [0.2, 0.25) is 0 Å². The van der Waals surface area contributed by atoms with E-state index in [1.807, 2.05) is 0 Å². The Hall–Kier alpha value is -0.900. The van der Waals surface area contributed by atoms with Crippen molar-refractivity contribution >= 4 is 11.8 Å². The molecule has 2 saturated carbocycles. The van der Waals surface area contributed by atoms with E-state index in [1.54, 1.807) is 0 Å². The summed E-state index contributed by atoms with van der Waals surface area (Å²) in [5.74, 6) is 0.556. The van der Waals surface area contributed by atoms with E-state index < -0.39 is 6.10 Å². The van der Waals surface area contributed by atoms with E-state index in [1.165, 1.54) is 7.11 Å². The first-order valence-electron chi connectivity index (χ1n) is 6.92. The van der Waals surface area contributed by atoms with Crippen LogP contribution in [0.25, 0.3) is 0 Å². The first-order valence-corrected chi connectivity index (χ1v) is 6.92. The van der Waals surface area contributed by atoms with Crippen LogP contribution in [0.15, 0.2) is 0 Å². The minimum absolute atomic E-state index is 0.182. The molecule has 0 saturated heterocycles. The summed E-state index contributed by atoms with van der Waals surface area (Å²) in [6, 6.07) is 0. The van der Waals surface area contributed by atoms with Crippen LogP contribution in [0.1, 0.15) is 44.9 Å². The fourth-order valence-corrected chi connectivity index (χ4v) is 3.52. The van der Waals surface area contributed by atoms with Gasteiger partial charge in [0.05, 0.1) is 13.2 Å². The third kappa shape index (κ3) is 2.74. The molecule has 0 amide bonds. The smallest absolute Gasteiger partial charge is 0.305 e. The average Bonchev–Trinajstić information content (AvgIpc) is 2.92. The lowest BCUT2D eigenvalue weighted by Gasteiger charge is -2.17. The monoisotopic (exact) mass is 254 g/mol. The standard InChI is InChI=1S/C14H22O4/c1-18-13(16)7-3-6-12(15)11-8-9-4-2-5-10(9)14(11)17/h9-12,15H,2-8H2,1H3. The number of aliphatic hydroxyl groups excluding tert-OH is 1. The van der Waals surface area contributed by atoms with Crippen LogP contribution >= 0.6 is 0 Å². The molecule has 0 spiro atoms. The summed E-state index contributed by atoms with van der Waals surface area (Å²) in [5.41, 5.74) is 0. The van der Waals surface area contributed by atoms with Crippen molar-refractivity contribution in [2.24, 2.45) is 17.8 Å². The molecule has 0 radical (unpaired) electrons. The van der Waals surface area contributed by atoms with Crippen LogP contribution in [0.5, 0.6) is 0 Å². The molecule has 4 heteroatoms. The Labute approximate surface area is 108 Å². The quantitative estimate of drug-likeness (QED) is 0.758. The molecule has 0 aromatic heterocycles. The molecule has 0 aromatic rings. The molecule has 1 N–H and O–H groups in total. The number of carbonyl (C=O) groups excluding carboxylic acids is 2. The number of hydrogen-bond donors (Lipinski definition) is 1.